The third-order valence-corrected chi connectivity index (χ3v) is 5.45. The van der Waals surface area contributed by atoms with Gasteiger partial charge in [0.1, 0.15) is 0 Å². The lowest BCUT2D eigenvalue weighted by atomic mass is 9.63. The van der Waals surface area contributed by atoms with E-state index in [1.54, 1.807) is 18.2 Å². The third kappa shape index (κ3) is 1.80. The summed E-state index contributed by atoms with van der Waals surface area (Å²) < 4.78 is 0. The molecule has 0 N–H and O–H groups in total. The Balaban J connectivity index is 1.78. The Kier molecular flexibility index (Phi) is 2.92. The number of carbonyl (C=O) groups excluding carboxylic acids is 2. The molecule has 4 atom stereocenters. The first-order chi connectivity index (χ1) is 10.1. The van der Waals surface area contributed by atoms with Crippen molar-refractivity contribution >= 4 is 40.7 Å². The first kappa shape index (κ1) is 13.4. The number of rotatable bonds is 1. The highest BCUT2D eigenvalue weighted by atomic mass is 35.5. The molecule has 4 aliphatic rings. The minimum Gasteiger partial charge on any atom is -0.274 e. The monoisotopic (exact) mass is 321 g/mol. The maximum atomic E-state index is 12.8. The maximum absolute atomic E-state index is 12.8. The quantitative estimate of drug-likeness (QED) is 0.584. The Morgan fingerprint density at radius 3 is 2.00 bits per heavy atom. The zero-order chi connectivity index (χ0) is 14.7. The number of amides is 2. The maximum Gasteiger partial charge on any atom is 0.238 e. The van der Waals surface area contributed by atoms with Crippen molar-refractivity contribution in [1.82, 2.24) is 0 Å². The van der Waals surface area contributed by atoms with Crippen molar-refractivity contribution in [2.24, 2.45) is 23.7 Å². The van der Waals surface area contributed by atoms with E-state index in [0.29, 0.717) is 15.7 Å². The van der Waals surface area contributed by atoms with Crippen LogP contribution in [0.1, 0.15) is 12.8 Å². The van der Waals surface area contributed by atoms with Gasteiger partial charge in [0.05, 0.1) is 22.5 Å². The summed E-state index contributed by atoms with van der Waals surface area (Å²) in [6.45, 7) is 0. The number of anilines is 1. The van der Waals surface area contributed by atoms with Crippen molar-refractivity contribution in [3.63, 3.8) is 0 Å². The summed E-state index contributed by atoms with van der Waals surface area (Å²) in [7, 11) is 0. The Hall–Kier alpha value is -1.32. The van der Waals surface area contributed by atoms with Gasteiger partial charge in [-0.1, -0.05) is 35.4 Å². The van der Waals surface area contributed by atoms with E-state index >= 15 is 0 Å². The molecule has 1 aliphatic heterocycles. The van der Waals surface area contributed by atoms with Gasteiger partial charge in [-0.25, -0.2) is 4.90 Å². The van der Waals surface area contributed by atoms with Crippen LogP contribution >= 0.6 is 23.2 Å². The standard InChI is InChI=1S/C16H13Cl2NO2/c17-10-5-6-12(11(18)7-10)19-15(20)13-8-1-2-9(4-3-8)14(13)16(19)21/h1-2,5-9,13-14H,3-4H2/t8-,9+,13-,14-/m0/s1. The van der Waals surface area contributed by atoms with Gasteiger partial charge in [-0.2, -0.15) is 0 Å². The van der Waals surface area contributed by atoms with Gasteiger partial charge in [0, 0.05) is 5.02 Å². The fourth-order valence-electron chi connectivity index (χ4n) is 3.97. The number of nitrogens with zero attached hydrogens (tertiary/aromatic N) is 1. The van der Waals surface area contributed by atoms with Crippen LogP contribution in [0.3, 0.4) is 0 Å². The molecule has 2 fully saturated rings. The number of carbonyl (C=O) groups is 2. The van der Waals surface area contributed by atoms with Gasteiger partial charge in [0.2, 0.25) is 11.8 Å². The van der Waals surface area contributed by atoms with Crippen LogP contribution in [-0.4, -0.2) is 11.8 Å². The lowest BCUT2D eigenvalue weighted by Gasteiger charge is -2.38. The van der Waals surface area contributed by atoms with Crippen LogP contribution in [-0.2, 0) is 9.59 Å². The average molecular weight is 322 g/mol. The molecule has 1 aromatic carbocycles. The van der Waals surface area contributed by atoms with Crippen LogP contribution in [0.15, 0.2) is 30.4 Å². The summed E-state index contributed by atoms with van der Waals surface area (Å²) in [5, 5.41) is 0.824. The first-order valence-electron chi connectivity index (χ1n) is 7.09. The SMILES string of the molecule is O=C1[C@@H]2[C@@H](C(=O)N1c1ccc(Cl)cc1Cl)[C@H]1C=C[C@@H]2CC1. The molecule has 0 unspecified atom stereocenters. The second-order valence-electron chi connectivity index (χ2n) is 5.95. The molecule has 5 rings (SSSR count). The van der Waals surface area contributed by atoms with E-state index in [4.69, 9.17) is 23.2 Å². The molecule has 3 aliphatic carbocycles. The number of fused-ring (bicyclic) bond motifs is 1. The highest BCUT2D eigenvalue weighted by Gasteiger charge is 2.57. The molecule has 5 heteroatoms. The van der Waals surface area contributed by atoms with E-state index < -0.39 is 0 Å². The Bertz CT molecular complexity index is 653. The number of halogens is 2. The van der Waals surface area contributed by atoms with Crippen molar-refractivity contribution in [2.45, 2.75) is 12.8 Å². The molecule has 3 nitrogen and oxygen atoms in total. The molecule has 0 radical (unpaired) electrons. The van der Waals surface area contributed by atoms with Crippen molar-refractivity contribution in [1.29, 1.82) is 0 Å². The number of hydrogen-bond acceptors (Lipinski definition) is 2. The predicted octanol–water partition coefficient (Wildman–Crippen LogP) is 3.70. The lowest BCUT2D eigenvalue weighted by Crippen LogP contribution is -2.38. The first-order valence-corrected chi connectivity index (χ1v) is 7.84. The average Bonchev–Trinajstić information content (AvgIpc) is 2.75. The fraction of sp³-hybridized carbons (Fsp3) is 0.375. The summed E-state index contributed by atoms with van der Waals surface area (Å²) in [5.74, 6) is -0.289. The molecule has 2 bridgehead atoms. The van der Waals surface area contributed by atoms with Gasteiger partial charge in [-0.15, -0.1) is 0 Å². The van der Waals surface area contributed by atoms with E-state index in [9.17, 15) is 9.59 Å². The molecule has 1 saturated carbocycles. The largest absolute Gasteiger partial charge is 0.274 e. The van der Waals surface area contributed by atoms with E-state index in [1.807, 2.05) is 0 Å². The van der Waals surface area contributed by atoms with Crippen molar-refractivity contribution < 1.29 is 9.59 Å². The Morgan fingerprint density at radius 2 is 1.52 bits per heavy atom. The van der Waals surface area contributed by atoms with Gasteiger partial charge in [0.25, 0.3) is 0 Å². The second kappa shape index (κ2) is 4.59. The van der Waals surface area contributed by atoms with E-state index in [1.165, 1.54) is 4.90 Å². The molecular weight excluding hydrogens is 309 g/mol. The van der Waals surface area contributed by atoms with Gasteiger partial charge >= 0.3 is 0 Å². The molecule has 0 aromatic heterocycles. The summed E-state index contributed by atoms with van der Waals surface area (Å²) in [6.07, 6.45) is 6.19. The number of benzene rings is 1. The summed E-state index contributed by atoms with van der Waals surface area (Å²) in [5.41, 5.74) is 0.449. The smallest absolute Gasteiger partial charge is 0.238 e. The Labute approximate surface area is 132 Å². The van der Waals surface area contributed by atoms with E-state index in [0.717, 1.165) is 12.8 Å². The summed E-state index contributed by atoms with van der Waals surface area (Å²) >= 11 is 12.1. The molecule has 1 saturated heterocycles. The van der Waals surface area contributed by atoms with Gasteiger partial charge in [-0.3, -0.25) is 9.59 Å². The summed E-state index contributed by atoms with van der Waals surface area (Å²) in [4.78, 5) is 26.8. The molecule has 0 spiro atoms. The normalized spacial score (nSPS) is 33.7. The second-order valence-corrected chi connectivity index (χ2v) is 6.79. The molecule has 1 heterocycles. The van der Waals surface area contributed by atoms with E-state index in [2.05, 4.69) is 12.2 Å². The number of imide groups is 1. The topological polar surface area (TPSA) is 37.4 Å². The number of hydrogen-bond donors (Lipinski definition) is 0. The van der Waals surface area contributed by atoms with Crippen LogP contribution in [0.25, 0.3) is 0 Å². The predicted molar refractivity (Wildman–Crippen MR) is 81.3 cm³/mol. The van der Waals surface area contributed by atoms with Crippen LogP contribution in [0.5, 0.6) is 0 Å². The zero-order valence-electron chi connectivity index (χ0n) is 11.1. The molecular formula is C16H13Cl2NO2. The van der Waals surface area contributed by atoms with Gasteiger partial charge in [-0.05, 0) is 42.9 Å². The van der Waals surface area contributed by atoms with Crippen LogP contribution < -0.4 is 4.90 Å². The summed E-state index contributed by atoms with van der Waals surface area (Å²) in [6, 6.07) is 4.86. The lowest BCUT2D eigenvalue weighted by molar-refractivity contribution is -0.124. The van der Waals surface area contributed by atoms with Crippen molar-refractivity contribution in [3.8, 4) is 0 Å². The van der Waals surface area contributed by atoms with Gasteiger partial charge < -0.3 is 0 Å². The molecule has 21 heavy (non-hydrogen) atoms. The minimum atomic E-state index is -0.215. The van der Waals surface area contributed by atoms with Crippen LogP contribution in [0.4, 0.5) is 5.69 Å². The van der Waals surface area contributed by atoms with E-state index in [-0.39, 0.29) is 35.5 Å². The van der Waals surface area contributed by atoms with Crippen molar-refractivity contribution in [2.75, 3.05) is 4.90 Å². The Morgan fingerprint density at radius 1 is 0.952 bits per heavy atom. The number of allylic oxidation sites excluding steroid dienone is 2. The van der Waals surface area contributed by atoms with Crippen molar-refractivity contribution in [3.05, 3.63) is 40.4 Å². The highest BCUT2D eigenvalue weighted by molar-refractivity contribution is 6.38. The molecule has 1 aromatic rings. The van der Waals surface area contributed by atoms with Gasteiger partial charge in [0.15, 0.2) is 0 Å². The fourth-order valence-corrected chi connectivity index (χ4v) is 4.47. The minimum absolute atomic E-state index is 0.117. The highest BCUT2D eigenvalue weighted by Crippen LogP contribution is 2.51. The molecule has 2 amide bonds. The molecule has 108 valence electrons. The zero-order valence-corrected chi connectivity index (χ0v) is 12.6. The van der Waals surface area contributed by atoms with Crippen LogP contribution in [0, 0.1) is 23.7 Å². The third-order valence-electron chi connectivity index (χ3n) is 4.91. The van der Waals surface area contributed by atoms with Crippen LogP contribution in [0.2, 0.25) is 10.0 Å².